The van der Waals surface area contributed by atoms with Crippen LogP contribution in [0.1, 0.15) is 33.1 Å². The molecule has 0 aromatic rings. The largest absolute Gasteiger partial charge is 0.381 e. The fraction of sp³-hybridized carbons (Fsp3) is 1.00. The van der Waals surface area contributed by atoms with Gasteiger partial charge in [-0.25, -0.2) is 0 Å². The molecule has 2 aliphatic heterocycles. The Morgan fingerprint density at radius 2 is 1.88 bits per heavy atom. The van der Waals surface area contributed by atoms with Gasteiger partial charge in [-0.15, -0.1) is 0 Å². The number of hydrogen-bond acceptors (Lipinski definition) is 3. The molecule has 2 fully saturated rings. The Balaban J connectivity index is 1.91. The fourth-order valence-electron chi connectivity index (χ4n) is 3.06. The Bertz CT molecular complexity index is 234. The highest BCUT2D eigenvalue weighted by atomic mass is 16.5. The van der Waals surface area contributed by atoms with E-state index in [4.69, 9.17) is 10.5 Å². The van der Waals surface area contributed by atoms with E-state index in [9.17, 15) is 0 Å². The molecule has 3 heteroatoms. The van der Waals surface area contributed by atoms with E-state index < -0.39 is 0 Å². The van der Waals surface area contributed by atoms with E-state index >= 15 is 0 Å². The topological polar surface area (TPSA) is 38.5 Å². The molecule has 0 atom stereocenters. The number of ether oxygens (including phenoxy) is 1. The summed E-state index contributed by atoms with van der Waals surface area (Å²) in [6.45, 7) is 11.0. The zero-order valence-corrected chi connectivity index (χ0v) is 10.8. The third-order valence-corrected chi connectivity index (χ3v) is 4.30. The molecule has 0 amide bonds. The van der Waals surface area contributed by atoms with Gasteiger partial charge in [-0.1, -0.05) is 13.8 Å². The Labute approximate surface area is 99.3 Å². The summed E-state index contributed by atoms with van der Waals surface area (Å²) in [5, 5.41) is 0. The van der Waals surface area contributed by atoms with Crippen LogP contribution in [0, 0.1) is 10.8 Å². The summed E-state index contributed by atoms with van der Waals surface area (Å²) < 4.78 is 5.46. The minimum atomic E-state index is 0.332. The minimum Gasteiger partial charge on any atom is -0.381 e. The number of nitrogens with two attached hydrogens (primary N) is 1. The SMILES string of the molecule is CC1(C)CCN(CC2(CN)CCOCC2)C1. The van der Waals surface area contributed by atoms with Crippen LogP contribution in [0.3, 0.4) is 0 Å². The first-order chi connectivity index (χ1) is 7.55. The molecule has 0 aliphatic carbocycles. The van der Waals surface area contributed by atoms with Crippen molar-refractivity contribution in [3.05, 3.63) is 0 Å². The summed E-state index contributed by atoms with van der Waals surface area (Å²) in [7, 11) is 0. The molecule has 94 valence electrons. The van der Waals surface area contributed by atoms with E-state index in [-0.39, 0.29) is 0 Å². The van der Waals surface area contributed by atoms with E-state index in [0.29, 0.717) is 10.8 Å². The summed E-state index contributed by atoms with van der Waals surface area (Å²) in [6, 6.07) is 0. The summed E-state index contributed by atoms with van der Waals surface area (Å²) >= 11 is 0. The lowest BCUT2D eigenvalue weighted by atomic mass is 9.80. The van der Waals surface area contributed by atoms with Gasteiger partial charge in [-0.3, -0.25) is 0 Å². The van der Waals surface area contributed by atoms with Gasteiger partial charge in [0.05, 0.1) is 0 Å². The third-order valence-electron chi connectivity index (χ3n) is 4.30. The van der Waals surface area contributed by atoms with Gasteiger partial charge >= 0.3 is 0 Å². The molecule has 0 spiro atoms. The monoisotopic (exact) mass is 226 g/mol. The van der Waals surface area contributed by atoms with Crippen LogP contribution in [0.15, 0.2) is 0 Å². The van der Waals surface area contributed by atoms with Gasteiger partial charge in [0.15, 0.2) is 0 Å². The molecule has 3 nitrogen and oxygen atoms in total. The average molecular weight is 226 g/mol. The van der Waals surface area contributed by atoms with Crippen LogP contribution in [0.4, 0.5) is 0 Å². The maximum atomic E-state index is 6.00. The van der Waals surface area contributed by atoms with E-state index in [1.807, 2.05) is 0 Å². The Kier molecular flexibility index (Phi) is 3.57. The third kappa shape index (κ3) is 2.76. The van der Waals surface area contributed by atoms with Crippen molar-refractivity contribution in [2.45, 2.75) is 33.1 Å². The van der Waals surface area contributed by atoms with Crippen molar-refractivity contribution < 1.29 is 4.74 Å². The lowest BCUT2D eigenvalue weighted by Gasteiger charge is -2.39. The quantitative estimate of drug-likeness (QED) is 0.792. The van der Waals surface area contributed by atoms with Crippen molar-refractivity contribution in [2.24, 2.45) is 16.6 Å². The van der Waals surface area contributed by atoms with Gasteiger partial charge in [-0.2, -0.15) is 0 Å². The molecule has 2 rings (SSSR count). The van der Waals surface area contributed by atoms with Crippen LogP contribution in [-0.2, 0) is 4.74 Å². The van der Waals surface area contributed by atoms with Gasteiger partial charge in [0.1, 0.15) is 0 Å². The molecule has 16 heavy (non-hydrogen) atoms. The molecule has 2 N–H and O–H groups in total. The zero-order chi connectivity index (χ0) is 11.6. The Hall–Kier alpha value is -0.120. The lowest BCUT2D eigenvalue weighted by Crippen LogP contribution is -2.45. The van der Waals surface area contributed by atoms with Crippen molar-refractivity contribution in [1.29, 1.82) is 0 Å². The average Bonchev–Trinajstić information content (AvgIpc) is 2.59. The molecular weight excluding hydrogens is 200 g/mol. The van der Waals surface area contributed by atoms with Crippen LogP contribution in [0.5, 0.6) is 0 Å². The molecule has 2 heterocycles. The molecule has 2 saturated heterocycles. The zero-order valence-electron chi connectivity index (χ0n) is 10.8. The van der Waals surface area contributed by atoms with Crippen molar-refractivity contribution in [2.75, 3.05) is 39.4 Å². The summed E-state index contributed by atoms with van der Waals surface area (Å²) in [5.74, 6) is 0. The second-order valence-electron chi connectivity index (χ2n) is 6.44. The normalized spacial score (nSPS) is 29.4. The predicted molar refractivity (Wildman–Crippen MR) is 66.4 cm³/mol. The minimum absolute atomic E-state index is 0.332. The molecule has 2 aliphatic rings. The Morgan fingerprint density at radius 1 is 1.19 bits per heavy atom. The van der Waals surface area contributed by atoms with Gasteiger partial charge in [0.2, 0.25) is 0 Å². The highest BCUT2D eigenvalue weighted by Gasteiger charge is 2.37. The number of nitrogens with zero attached hydrogens (tertiary/aromatic N) is 1. The molecule has 0 unspecified atom stereocenters. The van der Waals surface area contributed by atoms with Crippen LogP contribution in [-0.4, -0.2) is 44.3 Å². The standard InChI is InChI=1S/C13H26N2O/c1-12(2)3-6-15(10-12)11-13(9-14)4-7-16-8-5-13/h3-11,14H2,1-2H3. The predicted octanol–water partition coefficient (Wildman–Crippen LogP) is 1.47. The number of rotatable bonds is 3. The first kappa shape index (κ1) is 12.3. The van der Waals surface area contributed by atoms with Gasteiger partial charge < -0.3 is 15.4 Å². The second kappa shape index (κ2) is 4.63. The lowest BCUT2D eigenvalue weighted by molar-refractivity contribution is 0.00221. The van der Waals surface area contributed by atoms with Crippen LogP contribution >= 0.6 is 0 Å². The van der Waals surface area contributed by atoms with Gasteiger partial charge in [0, 0.05) is 26.3 Å². The highest BCUT2D eigenvalue weighted by molar-refractivity contribution is 4.90. The molecule has 0 aromatic carbocycles. The second-order valence-corrected chi connectivity index (χ2v) is 6.44. The van der Waals surface area contributed by atoms with E-state index in [1.165, 1.54) is 26.1 Å². The smallest absolute Gasteiger partial charge is 0.0472 e. The molecule has 0 aromatic heterocycles. The number of hydrogen-bond donors (Lipinski definition) is 1. The molecule has 0 radical (unpaired) electrons. The molecular formula is C13H26N2O. The van der Waals surface area contributed by atoms with Crippen molar-refractivity contribution in [1.82, 2.24) is 4.90 Å². The van der Waals surface area contributed by atoms with Crippen molar-refractivity contribution in [3.8, 4) is 0 Å². The van der Waals surface area contributed by atoms with Gasteiger partial charge in [-0.05, 0) is 43.2 Å². The van der Waals surface area contributed by atoms with E-state index in [1.54, 1.807) is 0 Å². The summed E-state index contributed by atoms with van der Waals surface area (Å²) in [6.07, 6.45) is 3.60. The fourth-order valence-corrected chi connectivity index (χ4v) is 3.06. The van der Waals surface area contributed by atoms with Crippen LogP contribution in [0.2, 0.25) is 0 Å². The van der Waals surface area contributed by atoms with Gasteiger partial charge in [0.25, 0.3) is 0 Å². The van der Waals surface area contributed by atoms with Crippen LogP contribution < -0.4 is 5.73 Å². The highest BCUT2D eigenvalue weighted by Crippen LogP contribution is 2.35. The van der Waals surface area contributed by atoms with E-state index in [2.05, 4.69) is 18.7 Å². The summed E-state index contributed by atoms with van der Waals surface area (Å²) in [4.78, 5) is 2.61. The van der Waals surface area contributed by atoms with Crippen molar-refractivity contribution >= 4 is 0 Å². The van der Waals surface area contributed by atoms with E-state index in [0.717, 1.165) is 32.6 Å². The number of likely N-dealkylation sites (tertiary alicyclic amines) is 1. The maximum Gasteiger partial charge on any atom is 0.0472 e. The van der Waals surface area contributed by atoms with Crippen molar-refractivity contribution in [3.63, 3.8) is 0 Å². The summed E-state index contributed by atoms with van der Waals surface area (Å²) in [5.41, 5.74) is 6.83. The molecule has 0 bridgehead atoms. The maximum absolute atomic E-state index is 6.00. The van der Waals surface area contributed by atoms with Crippen LogP contribution in [0.25, 0.3) is 0 Å². The first-order valence-corrected chi connectivity index (χ1v) is 6.56. The molecule has 0 saturated carbocycles. The Morgan fingerprint density at radius 3 is 2.38 bits per heavy atom. The first-order valence-electron chi connectivity index (χ1n) is 6.56.